The van der Waals surface area contributed by atoms with Crippen LogP contribution in [0.5, 0.6) is 0 Å². The summed E-state index contributed by atoms with van der Waals surface area (Å²) in [5, 5.41) is 4.32. The topological polar surface area (TPSA) is 43.8 Å². The van der Waals surface area contributed by atoms with Gasteiger partial charge in [-0.15, -0.1) is 0 Å². The van der Waals surface area contributed by atoms with Crippen LogP contribution in [0.1, 0.15) is 25.5 Å². The van der Waals surface area contributed by atoms with Gasteiger partial charge in [-0.2, -0.15) is 5.10 Å². The Balaban J connectivity index is 2.59. The second kappa shape index (κ2) is 4.00. The molecule has 2 aromatic rings. The molecule has 1 aromatic carbocycles. The van der Waals surface area contributed by atoms with Crippen LogP contribution in [0, 0.1) is 6.92 Å². The van der Waals surface area contributed by atoms with Gasteiger partial charge in [-0.1, -0.05) is 18.2 Å². The van der Waals surface area contributed by atoms with Gasteiger partial charge >= 0.3 is 0 Å². The largest absolute Gasteiger partial charge is 0.398 e. The summed E-state index contributed by atoms with van der Waals surface area (Å²) in [6.45, 7) is 6.25. The fourth-order valence-corrected chi connectivity index (χ4v) is 1.84. The average molecular weight is 215 g/mol. The number of para-hydroxylation sites is 1. The molecular weight excluding hydrogens is 198 g/mol. The number of anilines is 1. The van der Waals surface area contributed by atoms with Gasteiger partial charge in [-0.05, 0) is 32.4 Å². The van der Waals surface area contributed by atoms with E-state index in [4.69, 9.17) is 5.73 Å². The lowest BCUT2D eigenvalue weighted by atomic mass is 10.1. The summed E-state index contributed by atoms with van der Waals surface area (Å²) < 4.78 is 1.99. The molecule has 16 heavy (non-hydrogen) atoms. The first-order chi connectivity index (χ1) is 7.61. The van der Waals surface area contributed by atoms with Gasteiger partial charge in [0.25, 0.3) is 0 Å². The number of hydrogen-bond acceptors (Lipinski definition) is 2. The van der Waals surface area contributed by atoms with Gasteiger partial charge in [0.2, 0.25) is 0 Å². The SMILES string of the molecule is Cc1cccc(-c2ccnn2C(C)C)c1N. The number of nitrogens with two attached hydrogens (primary N) is 1. The van der Waals surface area contributed by atoms with Gasteiger partial charge < -0.3 is 5.73 Å². The number of aromatic nitrogens is 2. The number of benzene rings is 1. The fourth-order valence-electron chi connectivity index (χ4n) is 1.84. The maximum Gasteiger partial charge on any atom is 0.0706 e. The predicted molar refractivity (Wildman–Crippen MR) is 67.2 cm³/mol. The van der Waals surface area contributed by atoms with E-state index in [9.17, 15) is 0 Å². The third kappa shape index (κ3) is 1.69. The third-order valence-corrected chi connectivity index (χ3v) is 2.76. The van der Waals surface area contributed by atoms with Crippen molar-refractivity contribution in [1.29, 1.82) is 0 Å². The molecule has 0 amide bonds. The molecule has 0 bridgehead atoms. The summed E-state index contributed by atoms with van der Waals surface area (Å²) in [6, 6.07) is 8.43. The highest BCUT2D eigenvalue weighted by Crippen LogP contribution is 2.29. The smallest absolute Gasteiger partial charge is 0.0706 e. The highest BCUT2D eigenvalue weighted by atomic mass is 15.3. The molecule has 3 nitrogen and oxygen atoms in total. The first-order valence-corrected chi connectivity index (χ1v) is 5.50. The van der Waals surface area contributed by atoms with E-state index >= 15 is 0 Å². The third-order valence-electron chi connectivity index (χ3n) is 2.76. The normalized spacial score (nSPS) is 11.0. The number of hydrogen-bond donors (Lipinski definition) is 1. The van der Waals surface area contributed by atoms with Crippen LogP contribution in [0.4, 0.5) is 5.69 Å². The zero-order valence-corrected chi connectivity index (χ0v) is 9.94. The van der Waals surface area contributed by atoms with Crippen LogP contribution in [0.25, 0.3) is 11.3 Å². The number of nitrogens with zero attached hydrogens (tertiary/aromatic N) is 2. The lowest BCUT2D eigenvalue weighted by molar-refractivity contribution is 0.538. The fraction of sp³-hybridized carbons (Fsp3) is 0.308. The summed E-state index contributed by atoms with van der Waals surface area (Å²) in [6.07, 6.45) is 1.82. The Hall–Kier alpha value is -1.77. The van der Waals surface area contributed by atoms with Crippen LogP contribution in [0.3, 0.4) is 0 Å². The molecule has 1 aromatic heterocycles. The Morgan fingerprint density at radius 3 is 2.69 bits per heavy atom. The Morgan fingerprint density at radius 1 is 1.25 bits per heavy atom. The Kier molecular flexibility index (Phi) is 2.69. The first-order valence-electron chi connectivity index (χ1n) is 5.50. The van der Waals surface area contributed by atoms with Crippen molar-refractivity contribution in [3.63, 3.8) is 0 Å². The minimum atomic E-state index is 0.338. The maximum atomic E-state index is 6.10. The lowest BCUT2D eigenvalue weighted by Crippen LogP contribution is -2.06. The number of rotatable bonds is 2. The van der Waals surface area contributed by atoms with Crippen molar-refractivity contribution in [3.05, 3.63) is 36.0 Å². The van der Waals surface area contributed by atoms with E-state index in [1.807, 2.05) is 42.1 Å². The van der Waals surface area contributed by atoms with E-state index in [0.717, 1.165) is 22.5 Å². The summed E-state index contributed by atoms with van der Waals surface area (Å²) >= 11 is 0. The average Bonchev–Trinajstić information content (AvgIpc) is 2.70. The standard InChI is InChI=1S/C13H17N3/c1-9(2)16-12(7-8-15-16)11-6-4-5-10(3)13(11)14/h4-9H,14H2,1-3H3. The Morgan fingerprint density at radius 2 is 2.00 bits per heavy atom. The minimum absolute atomic E-state index is 0.338. The van der Waals surface area contributed by atoms with E-state index < -0.39 is 0 Å². The molecule has 0 aliphatic heterocycles. The lowest BCUT2D eigenvalue weighted by Gasteiger charge is -2.13. The van der Waals surface area contributed by atoms with Crippen molar-refractivity contribution < 1.29 is 0 Å². The van der Waals surface area contributed by atoms with Crippen molar-refractivity contribution in [1.82, 2.24) is 9.78 Å². The van der Waals surface area contributed by atoms with Gasteiger partial charge in [-0.25, -0.2) is 0 Å². The van der Waals surface area contributed by atoms with E-state index in [1.54, 1.807) is 0 Å². The molecular formula is C13H17N3. The van der Waals surface area contributed by atoms with Crippen LogP contribution < -0.4 is 5.73 Å². The van der Waals surface area contributed by atoms with E-state index in [2.05, 4.69) is 18.9 Å². The van der Waals surface area contributed by atoms with Crippen molar-refractivity contribution in [2.24, 2.45) is 0 Å². The number of aryl methyl sites for hydroxylation is 1. The molecule has 0 saturated carbocycles. The van der Waals surface area contributed by atoms with E-state index in [-0.39, 0.29) is 0 Å². The zero-order chi connectivity index (χ0) is 11.7. The molecule has 2 rings (SSSR count). The van der Waals surface area contributed by atoms with Crippen LogP contribution >= 0.6 is 0 Å². The van der Waals surface area contributed by atoms with Crippen molar-refractivity contribution in [3.8, 4) is 11.3 Å². The maximum absolute atomic E-state index is 6.10. The Labute approximate surface area is 95.9 Å². The molecule has 0 aliphatic rings. The van der Waals surface area contributed by atoms with Gasteiger partial charge in [0, 0.05) is 23.5 Å². The zero-order valence-electron chi connectivity index (χ0n) is 9.94. The molecule has 0 radical (unpaired) electrons. The van der Waals surface area contributed by atoms with Gasteiger partial charge in [0.1, 0.15) is 0 Å². The van der Waals surface area contributed by atoms with Crippen LogP contribution in [0.2, 0.25) is 0 Å². The van der Waals surface area contributed by atoms with Gasteiger partial charge in [0.15, 0.2) is 0 Å². The summed E-state index contributed by atoms with van der Waals surface area (Å²) in [4.78, 5) is 0. The summed E-state index contributed by atoms with van der Waals surface area (Å²) in [5.74, 6) is 0. The van der Waals surface area contributed by atoms with Crippen LogP contribution in [-0.4, -0.2) is 9.78 Å². The van der Waals surface area contributed by atoms with Crippen molar-refractivity contribution >= 4 is 5.69 Å². The summed E-state index contributed by atoms with van der Waals surface area (Å²) in [7, 11) is 0. The quantitative estimate of drug-likeness (QED) is 0.782. The molecule has 0 unspecified atom stereocenters. The summed E-state index contributed by atoms with van der Waals surface area (Å²) in [5.41, 5.74) is 10.2. The second-order valence-electron chi connectivity index (χ2n) is 4.29. The second-order valence-corrected chi connectivity index (χ2v) is 4.29. The number of nitrogen functional groups attached to an aromatic ring is 1. The molecule has 2 N–H and O–H groups in total. The Bertz CT molecular complexity index is 498. The monoisotopic (exact) mass is 215 g/mol. The van der Waals surface area contributed by atoms with Gasteiger partial charge in [0.05, 0.1) is 5.69 Å². The molecule has 3 heteroatoms. The molecule has 1 heterocycles. The molecule has 0 saturated heterocycles. The van der Waals surface area contributed by atoms with E-state index in [1.165, 1.54) is 0 Å². The molecule has 0 fully saturated rings. The molecule has 84 valence electrons. The molecule has 0 spiro atoms. The van der Waals surface area contributed by atoms with Gasteiger partial charge in [-0.3, -0.25) is 4.68 Å². The van der Waals surface area contributed by atoms with Crippen LogP contribution in [0.15, 0.2) is 30.5 Å². The van der Waals surface area contributed by atoms with Crippen molar-refractivity contribution in [2.45, 2.75) is 26.8 Å². The minimum Gasteiger partial charge on any atom is -0.398 e. The molecule has 0 aliphatic carbocycles. The van der Waals surface area contributed by atoms with Crippen LogP contribution in [-0.2, 0) is 0 Å². The van der Waals surface area contributed by atoms with E-state index in [0.29, 0.717) is 6.04 Å². The molecule has 0 atom stereocenters. The highest BCUT2D eigenvalue weighted by molar-refractivity contribution is 5.76. The predicted octanol–water partition coefficient (Wildman–Crippen LogP) is 3.02. The first kappa shape index (κ1) is 10.7. The highest BCUT2D eigenvalue weighted by Gasteiger charge is 2.11. The van der Waals surface area contributed by atoms with Crippen molar-refractivity contribution in [2.75, 3.05) is 5.73 Å².